The van der Waals surface area contributed by atoms with Crippen LogP contribution in [0.25, 0.3) is 11.0 Å². The van der Waals surface area contributed by atoms with E-state index in [1.807, 2.05) is 59.2 Å². The molecule has 0 bridgehead atoms. The van der Waals surface area contributed by atoms with E-state index in [2.05, 4.69) is 15.6 Å². The number of halogens is 1. The third-order valence-corrected chi connectivity index (χ3v) is 5.09. The predicted octanol–water partition coefficient (Wildman–Crippen LogP) is 4.30. The minimum absolute atomic E-state index is 0.135. The smallest absolute Gasteiger partial charge is 0.251 e. The number of hydrogen-bond donors (Lipinski definition) is 2. The lowest BCUT2D eigenvalue weighted by Crippen LogP contribution is -2.27. The van der Waals surface area contributed by atoms with Gasteiger partial charge in [0.1, 0.15) is 12.4 Å². The van der Waals surface area contributed by atoms with E-state index in [1.54, 1.807) is 24.3 Å². The molecule has 31 heavy (non-hydrogen) atoms. The molecule has 1 heterocycles. The Bertz CT molecular complexity index is 1200. The van der Waals surface area contributed by atoms with E-state index in [4.69, 9.17) is 11.6 Å². The molecule has 0 unspecified atom stereocenters. The molecule has 2 amide bonds. The molecule has 0 spiro atoms. The highest BCUT2D eigenvalue weighted by Crippen LogP contribution is 2.17. The number of carbonyl (C=O) groups excluding carboxylic acids is 2. The van der Waals surface area contributed by atoms with Gasteiger partial charge in [0.15, 0.2) is 0 Å². The van der Waals surface area contributed by atoms with Gasteiger partial charge in [-0.1, -0.05) is 41.9 Å². The van der Waals surface area contributed by atoms with Gasteiger partial charge >= 0.3 is 0 Å². The first-order chi connectivity index (χ1) is 15.1. The van der Waals surface area contributed by atoms with Crippen LogP contribution in [0.4, 0.5) is 5.69 Å². The van der Waals surface area contributed by atoms with E-state index >= 15 is 0 Å². The normalized spacial score (nSPS) is 10.7. The van der Waals surface area contributed by atoms with Crippen LogP contribution in [0.15, 0.2) is 78.9 Å². The monoisotopic (exact) mass is 432 g/mol. The second-order valence-electron chi connectivity index (χ2n) is 7.03. The topological polar surface area (TPSA) is 76.0 Å². The summed E-state index contributed by atoms with van der Waals surface area (Å²) in [5.74, 6) is 0.419. The van der Waals surface area contributed by atoms with Gasteiger partial charge in [-0.05, 0) is 48.5 Å². The summed E-state index contributed by atoms with van der Waals surface area (Å²) in [6.45, 7) is 0.529. The van der Waals surface area contributed by atoms with Crippen LogP contribution >= 0.6 is 11.6 Å². The molecule has 0 aliphatic carbocycles. The van der Waals surface area contributed by atoms with Crippen molar-refractivity contribution in [3.8, 4) is 0 Å². The molecule has 4 aromatic rings. The van der Waals surface area contributed by atoms with Gasteiger partial charge in [0.25, 0.3) is 5.91 Å². The largest absolute Gasteiger partial charge is 0.352 e. The number of imidazole rings is 1. The Balaban J connectivity index is 1.46. The molecule has 0 fully saturated rings. The lowest BCUT2D eigenvalue weighted by Gasteiger charge is -2.11. The van der Waals surface area contributed by atoms with Crippen molar-refractivity contribution in [2.75, 3.05) is 11.9 Å². The molecule has 0 aliphatic heterocycles. The molecule has 0 saturated carbocycles. The summed E-state index contributed by atoms with van der Waals surface area (Å²) < 4.78 is 1.89. The first kappa shape index (κ1) is 20.6. The minimum atomic E-state index is -0.179. The predicted molar refractivity (Wildman–Crippen MR) is 122 cm³/mol. The zero-order valence-corrected chi connectivity index (χ0v) is 17.5. The number of rotatable bonds is 7. The Hall–Kier alpha value is -3.64. The molecular weight excluding hydrogens is 412 g/mol. The summed E-state index contributed by atoms with van der Waals surface area (Å²) in [4.78, 5) is 29.6. The molecule has 2 N–H and O–H groups in total. The number of benzene rings is 3. The maximum Gasteiger partial charge on any atom is 0.251 e. The Labute approximate surface area is 184 Å². The maximum absolute atomic E-state index is 12.6. The van der Waals surface area contributed by atoms with Gasteiger partial charge < -0.3 is 15.2 Å². The number of aromatic nitrogens is 2. The zero-order chi connectivity index (χ0) is 21.6. The van der Waals surface area contributed by atoms with Gasteiger partial charge in [0.05, 0.1) is 11.0 Å². The Morgan fingerprint density at radius 2 is 1.61 bits per heavy atom. The van der Waals surface area contributed by atoms with Gasteiger partial charge in [-0.25, -0.2) is 4.98 Å². The summed E-state index contributed by atoms with van der Waals surface area (Å²) in [6, 6.07) is 23.7. The van der Waals surface area contributed by atoms with Crippen molar-refractivity contribution in [1.29, 1.82) is 0 Å². The molecule has 6 nitrogen and oxygen atoms in total. The highest BCUT2D eigenvalue weighted by molar-refractivity contribution is 6.30. The van der Waals surface area contributed by atoms with E-state index in [9.17, 15) is 9.59 Å². The number of nitrogens with zero attached hydrogens (tertiary/aromatic N) is 2. The van der Waals surface area contributed by atoms with Crippen LogP contribution in [0.1, 0.15) is 16.2 Å². The lowest BCUT2D eigenvalue weighted by molar-refractivity contribution is -0.116. The van der Waals surface area contributed by atoms with Crippen molar-refractivity contribution in [3.63, 3.8) is 0 Å². The minimum Gasteiger partial charge on any atom is -0.352 e. The number of para-hydroxylation sites is 3. The van der Waals surface area contributed by atoms with Crippen LogP contribution in [0.5, 0.6) is 0 Å². The summed E-state index contributed by atoms with van der Waals surface area (Å²) >= 11 is 5.87. The van der Waals surface area contributed by atoms with Crippen LogP contribution in [0.2, 0.25) is 5.02 Å². The fourth-order valence-electron chi connectivity index (χ4n) is 3.35. The fourth-order valence-corrected chi connectivity index (χ4v) is 3.48. The third-order valence-electron chi connectivity index (χ3n) is 4.83. The lowest BCUT2D eigenvalue weighted by atomic mass is 10.2. The number of anilines is 1. The molecule has 4 rings (SSSR count). The number of carbonyl (C=O) groups is 2. The molecule has 0 aliphatic rings. The average Bonchev–Trinajstić information content (AvgIpc) is 3.12. The van der Waals surface area contributed by atoms with Crippen LogP contribution in [0.3, 0.4) is 0 Å². The third kappa shape index (κ3) is 5.10. The van der Waals surface area contributed by atoms with Crippen LogP contribution in [-0.2, 0) is 17.8 Å². The van der Waals surface area contributed by atoms with Crippen molar-refractivity contribution in [2.24, 2.45) is 0 Å². The van der Waals surface area contributed by atoms with E-state index in [0.29, 0.717) is 23.6 Å². The number of amides is 2. The highest BCUT2D eigenvalue weighted by Gasteiger charge is 2.14. The average molecular weight is 433 g/mol. The second kappa shape index (κ2) is 9.45. The molecule has 3 aromatic carbocycles. The quantitative estimate of drug-likeness (QED) is 0.457. The summed E-state index contributed by atoms with van der Waals surface area (Å²) in [5, 5.41) is 6.38. The van der Waals surface area contributed by atoms with E-state index < -0.39 is 0 Å². The van der Waals surface area contributed by atoms with Crippen LogP contribution in [0, 0.1) is 0 Å². The fraction of sp³-hybridized carbons (Fsp3) is 0.125. The van der Waals surface area contributed by atoms with Gasteiger partial charge in [-0.15, -0.1) is 0 Å². The van der Waals surface area contributed by atoms with Crippen molar-refractivity contribution >= 4 is 40.1 Å². The van der Waals surface area contributed by atoms with E-state index in [0.717, 1.165) is 22.5 Å². The van der Waals surface area contributed by atoms with Crippen LogP contribution in [-0.4, -0.2) is 27.9 Å². The standard InChI is InChI=1S/C24H21ClN4O2/c25-18-12-10-17(11-13-18)24(31)26-15-14-22-28-20-8-4-5-9-21(20)29(22)16-23(30)27-19-6-2-1-3-7-19/h1-13H,14-16H2,(H,26,31)(H,27,30). The number of hydrogen-bond acceptors (Lipinski definition) is 3. The maximum atomic E-state index is 12.6. The molecule has 7 heteroatoms. The van der Waals surface area contributed by atoms with Gasteiger partial charge in [0, 0.05) is 29.2 Å². The van der Waals surface area contributed by atoms with E-state index in [1.165, 1.54) is 0 Å². The van der Waals surface area contributed by atoms with E-state index in [-0.39, 0.29) is 18.4 Å². The van der Waals surface area contributed by atoms with Gasteiger partial charge in [-0.3, -0.25) is 9.59 Å². The second-order valence-corrected chi connectivity index (χ2v) is 7.47. The SMILES string of the molecule is O=C(Cn1c(CCNC(=O)c2ccc(Cl)cc2)nc2ccccc21)Nc1ccccc1. The van der Waals surface area contributed by atoms with Crippen molar-refractivity contribution in [3.05, 3.63) is 95.3 Å². The Morgan fingerprint density at radius 1 is 0.903 bits per heavy atom. The molecule has 0 saturated heterocycles. The molecule has 0 atom stereocenters. The first-order valence-corrected chi connectivity index (χ1v) is 10.3. The Morgan fingerprint density at radius 3 is 2.39 bits per heavy atom. The van der Waals surface area contributed by atoms with Crippen LogP contribution < -0.4 is 10.6 Å². The number of nitrogens with one attached hydrogen (secondary N) is 2. The first-order valence-electron chi connectivity index (χ1n) is 9.93. The molecular formula is C24H21ClN4O2. The molecule has 0 radical (unpaired) electrons. The van der Waals surface area contributed by atoms with Crippen molar-refractivity contribution < 1.29 is 9.59 Å². The summed E-state index contributed by atoms with van der Waals surface area (Å²) in [6.07, 6.45) is 0.493. The zero-order valence-electron chi connectivity index (χ0n) is 16.7. The van der Waals surface area contributed by atoms with Crippen molar-refractivity contribution in [2.45, 2.75) is 13.0 Å². The van der Waals surface area contributed by atoms with Gasteiger partial charge in [-0.2, -0.15) is 0 Å². The molecule has 156 valence electrons. The van der Waals surface area contributed by atoms with Crippen molar-refractivity contribution in [1.82, 2.24) is 14.9 Å². The Kier molecular flexibility index (Phi) is 6.29. The van der Waals surface area contributed by atoms with Gasteiger partial charge in [0.2, 0.25) is 5.91 Å². The summed E-state index contributed by atoms with van der Waals surface area (Å²) in [7, 11) is 0. The molecule has 1 aromatic heterocycles. The highest BCUT2D eigenvalue weighted by atomic mass is 35.5. The number of fused-ring (bicyclic) bond motifs is 1. The summed E-state index contributed by atoms with van der Waals surface area (Å²) in [5.41, 5.74) is 2.98.